The monoisotopic (exact) mass is 401 g/mol. The third kappa shape index (κ3) is 4.33. The van der Waals surface area contributed by atoms with E-state index < -0.39 is 10.0 Å². The van der Waals surface area contributed by atoms with Crippen LogP contribution in [0.5, 0.6) is 0 Å². The van der Waals surface area contributed by atoms with Gasteiger partial charge in [0.2, 0.25) is 0 Å². The van der Waals surface area contributed by atoms with Gasteiger partial charge in [0.15, 0.2) is 0 Å². The number of aryl methyl sites for hydroxylation is 1. The molecule has 4 aromatic rings. The second-order valence-electron chi connectivity index (χ2n) is 6.57. The summed E-state index contributed by atoms with van der Waals surface area (Å²) in [5.74, 6) is 0.659. The first kappa shape index (κ1) is 18.8. The fourth-order valence-corrected chi connectivity index (χ4v) is 4.08. The van der Waals surface area contributed by atoms with E-state index in [9.17, 15) is 8.42 Å². The average molecular weight is 401 g/mol. The standard InChI is InChI=1S/C23H19N3O2S/c1-17-24-15-14-23(25-17)20-8-5-9-21(16-20)26-29(27,28)22-12-10-19(11-13-22)18-6-3-2-4-7-18/h2-16,26H,1H3. The number of hydrogen-bond acceptors (Lipinski definition) is 4. The molecule has 0 saturated heterocycles. The van der Waals surface area contributed by atoms with Crippen molar-refractivity contribution in [3.8, 4) is 22.4 Å². The van der Waals surface area contributed by atoms with Crippen LogP contribution in [0.4, 0.5) is 5.69 Å². The SMILES string of the molecule is Cc1nccc(-c2cccc(NS(=O)(=O)c3ccc(-c4ccccc4)cc3)c2)n1. The number of anilines is 1. The smallest absolute Gasteiger partial charge is 0.261 e. The summed E-state index contributed by atoms with van der Waals surface area (Å²) >= 11 is 0. The molecule has 0 saturated carbocycles. The van der Waals surface area contributed by atoms with Gasteiger partial charge < -0.3 is 0 Å². The number of rotatable bonds is 5. The summed E-state index contributed by atoms with van der Waals surface area (Å²) < 4.78 is 28.3. The lowest BCUT2D eigenvalue weighted by atomic mass is 10.1. The number of aromatic nitrogens is 2. The zero-order valence-corrected chi connectivity index (χ0v) is 16.6. The first-order valence-corrected chi connectivity index (χ1v) is 10.6. The van der Waals surface area contributed by atoms with E-state index in [4.69, 9.17) is 0 Å². The normalized spacial score (nSPS) is 11.2. The van der Waals surface area contributed by atoms with E-state index in [2.05, 4.69) is 14.7 Å². The summed E-state index contributed by atoms with van der Waals surface area (Å²) in [5, 5.41) is 0. The maximum atomic E-state index is 12.8. The van der Waals surface area contributed by atoms with Crippen LogP contribution in [0.15, 0.2) is 96.0 Å². The lowest BCUT2D eigenvalue weighted by molar-refractivity contribution is 0.601. The van der Waals surface area contributed by atoms with Crippen molar-refractivity contribution in [3.05, 3.63) is 97.0 Å². The number of hydrogen-bond donors (Lipinski definition) is 1. The van der Waals surface area contributed by atoms with Gasteiger partial charge in [-0.25, -0.2) is 18.4 Å². The topological polar surface area (TPSA) is 72.0 Å². The molecule has 0 fully saturated rings. The van der Waals surface area contributed by atoms with Crippen LogP contribution in [0, 0.1) is 6.92 Å². The number of nitrogens with zero attached hydrogens (tertiary/aromatic N) is 2. The molecular weight excluding hydrogens is 382 g/mol. The van der Waals surface area contributed by atoms with Gasteiger partial charge in [-0.15, -0.1) is 0 Å². The molecule has 29 heavy (non-hydrogen) atoms. The van der Waals surface area contributed by atoms with Crippen LogP contribution in [0.1, 0.15) is 5.82 Å². The fraction of sp³-hybridized carbons (Fsp3) is 0.0435. The van der Waals surface area contributed by atoms with Crippen molar-refractivity contribution < 1.29 is 8.42 Å². The predicted octanol–water partition coefficient (Wildman–Crippen LogP) is 4.92. The van der Waals surface area contributed by atoms with E-state index in [0.717, 1.165) is 22.4 Å². The van der Waals surface area contributed by atoms with Gasteiger partial charge in [0.25, 0.3) is 10.0 Å². The Morgan fingerprint density at radius 2 is 1.45 bits per heavy atom. The lowest BCUT2D eigenvalue weighted by Crippen LogP contribution is -2.12. The fourth-order valence-electron chi connectivity index (χ4n) is 3.03. The molecule has 0 amide bonds. The van der Waals surface area contributed by atoms with E-state index in [-0.39, 0.29) is 4.90 Å². The van der Waals surface area contributed by atoms with Crippen molar-refractivity contribution in [3.63, 3.8) is 0 Å². The molecule has 0 atom stereocenters. The Morgan fingerprint density at radius 1 is 0.759 bits per heavy atom. The highest BCUT2D eigenvalue weighted by molar-refractivity contribution is 7.92. The highest BCUT2D eigenvalue weighted by Crippen LogP contribution is 2.25. The molecule has 3 aromatic carbocycles. The summed E-state index contributed by atoms with van der Waals surface area (Å²) in [7, 11) is -3.70. The van der Waals surface area contributed by atoms with Gasteiger partial charge in [-0.1, -0.05) is 54.6 Å². The van der Waals surface area contributed by atoms with Crippen molar-refractivity contribution in [2.75, 3.05) is 4.72 Å². The third-order valence-corrected chi connectivity index (χ3v) is 5.86. The maximum absolute atomic E-state index is 12.8. The number of nitrogens with one attached hydrogen (secondary N) is 1. The van der Waals surface area contributed by atoms with Crippen LogP contribution in [0.3, 0.4) is 0 Å². The van der Waals surface area contributed by atoms with Crippen LogP contribution >= 0.6 is 0 Å². The first-order chi connectivity index (χ1) is 14.0. The van der Waals surface area contributed by atoms with Crippen LogP contribution in [0.2, 0.25) is 0 Å². The van der Waals surface area contributed by atoms with Gasteiger partial charge in [0.1, 0.15) is 5.82 Å². The highest BCUT2D eigenvalue weighted by atomic mass is 32.2. The zero-order valence-electron chi connectivity index (χ0n) is 15.8. The molecule has 0 aliphatic heterocycles. The van der Waals surface area contributed by atoms with Gasteiger partial charge in [-0.05, 0) is 48.4 Å². The quantitative estimate of drug-likeness (QED) is 0.515. The van der Waals surface area contributed by atoms with Gasteiger partial charge in [-0.3, -0.25) is 4.72 Å². The molecule has 1 heterocycles. The molecule has 6 heteroatoms. The van der Waals surface area contributed by atoms with E-state index in [0.29, 0.717) is 11.5 Å². The van der Waals surface area contributed by atoms with Crippen molar-refractivity contribution in [1.82, 2.24) is 9.97 Å². The molecule has 0 aliphatic carbocycles. The second-order valence-corrected chi connectivity index (χ2v) is 8.25. The van der Waals surface area contributed by atoms with Gasteiger partial charge in [0.05, 0.1) is 10.6 Å². The summed E-state index contributed by atoms with van der Waals surface area (Å²) in [4.78, 5) is 8.69. The minimum Gasteiger partial charge on any atom is -0.280 e. The summed E-state index contributed by atoms with van der Waals surface area (Å²) in [6.07, 6.45) is 1.68. The lowest BCUT2D eigenvalue weighted by Gasteiger charge is -2.10. The second kappa shape index (κ2) is 7.85. The summed E-state index contributed by atoms with van der Waals surface area (Å²) in [5.41, 5.74) is 4.04. The van der Waals surface area contributed by atoms with Gasteiger partial charge >= 0.3 is 0 Å². The first-order valence-electron chi connectivity index (χ1n) is 9.10. The molecule has 4 rings (SSSR count). The van der Waals surface area contributed by atoms with E-state index in [1.165, 1.54) is 0 Å². The molecule has 0 spiro atoms. The Kier molecular flexibility index (Phi) is 5.10. The van der Waals surface area contributed by atoms with Crippen molar-refractivity contribution in [1.29, 1.82) is 0 Å². The maximum Gasteiger partial charge on any atom is 0.261 e. The molecular formula is C23H19N3O2S. The molecule has 5 nitrogen and oxygen atoms in total. The Bertz CT molecular complexity index is 1240. The van der Waals surface area contributed by atoms with Crippen molar-refractivity contribution in [2.24, 2.45) is 0 Å². The van der Waals surface area contributed by atoms with Crippen molar-refractivity contribution >= 4 is 15.7 Å². The Hall–Kier alpha value is -3.51. The molecule has 1 aromatic heterocycles. The van der Waals surface area contributed by atoms with Crippen LogP contribution in [0.25, 0.3) is 22.4 Å². The summed E-state index contributed by atoms with van der Waals surface area (Å²) in [6.45, 7) is 1.81. The molecule has 0 unspecified atom stereocenters. The average Bonchev–Trinajstić information content (AvgIpc) is 2.74. The Morgan fingerprint density at radius 3 is 2.17 bits per heavy atom. The molecule has 144 valence electrons. The van der Waals surface area contributed by atoms with E-state index >= 15 is 0 Å². The molecule has 1 N–H and O–H groups in total. The van der Waals surface area contributed by atoms with Gasteiger partial charge in [0, 0.05) is 17.4 Å². The third-order valence-electron chi connectivity index (χ3n) is 4.46. The number of sulfonamides is 1. The van der Waals surface area contributed by atoms with E-state index in [1.807, 2.05) is 55.5 Å². The molecule has 0 aliphatic rings. The van der Waals surface area contributed by atoms with Gasteiger partial charge in [-0.2, -0.15) is 0 Å². The largest absolute Gasteiger partial charge is 0.280 e. The summed E-state index contributed by atoms with van der Waals surface area (Å²) in [6, 6.07) is 25.6. The van der Waals surface area contributed by atoms with Crippen molar-refractivity contribution in [2.45, 2.75) is 11.8 Å². The molecule has 0 radical (unpaired) electrons. The molecule has 0 bridgehead atoms. The Labute approximate surface area is 170 Å². The Balaban J connectivity index is 1.58. The van der Waals surface area contributed by atoms with E-state index in [1.54, 1.807) is 42.6 Å². The zero-order chi connectivity index (χ0) is 20.3. The minimum atomic E-state index is -3.70. The highest BCUT2D eigenvalue weighted by Gasteiger charge is 2.15. The van der Waals surface area contributed by atoms with Crippen LogP contribution in [-0.4, -0.2) is 18.4 Å². The predicted molar refractivity (Wildman–Crippen MR) is 115 cm³/mol. The minimum absolute atomic E-state index is 0.209. The van der Waals surface area contributed by atoms with Crippen LogP contribution < -0.4 is 4.72 Å². The number of benzene rings is 3. The van der Waals surface area contributed by atoms with Crippen LogP contribution in [-0.2, 0) is 10.0 Å².